The number of fused-ring (bicyclic) bond motifs is 1. The summed E-state index contributed by atoms with van der Waals surface area (Å²) in [7, 11) is 0. The van der Waals surface area contributed by atoms with Crippen molar-refractivity contribution in [2.75, 3.05) is 0 Å². The van der Waals surface area contributed by atoms with E-state index in [-0.39, 0.29) is 29.3 Å². The number of esters is 1. The van der Waals surface area contributed by atoms with Crippen molar-refractivity contribution in [1.29, 1.82) is 0 Å². The van der Waals surface area contributed by atoms with Crippen LogP contribution in [0, 0.1) is 10.1 Å². The second-order valence-corrected chi connectivity index (χ2v) is 6.85. The number of non-ortho nitro benzene ring substituents is 1. The Hall–Kier alpha value is -3.53. The number of hydrogen-bond acceptors (Lipinski definition) is 8. The first kappa shape index (κ1) is 17.9. The van der Waals surface area contributed by atoms with Gasteiger partial charge in [0.1, 0.15) is 24.0 Å². The number of carbonyl (C=O) groups excluding carboxylic acids is 2. The van der Waals surface area contributed by atoms with Gasteiger partial charge in [0.05, 0.1) is 16.2 Å². The van der Waals surface area contributed by atoms with Crippen molar-refractivity contribution in [3.63, 3.8) is 0 Å². The monoisotopic (exact) mass is 396 g/mol. The Morgan fingerprint density at radius 2 is 2.11 bits per heavy atom. The quantitative estimate of drug-likeness (QED) is 0.248. The number of aromatic nitrogens is 2. The van der Waals surface area contributed by atoms with Gasteiger partial charge in [-0.3, -0.25) is 19.8 Å². The van der Waals surface area contributed by atoms with E-state index < -0.39 is 10.9 Å². The number of carbonyl (C=O) groups is 2. The predicted octanol–water partition coefficient (Wildman–Crippen LogP) is 2.27. The number of hydrogen-bond donors (Lipinski definition) is 0. The molecule has 140 valence electrons. The Morgan fingerprint density at radius 1 is 1.32 bits per heavy atom. The highest BCUT2D eigenvalue weighted by atomic mass is 32.2. The van der Waals surface area contributed by atoms with Crippen LogP contribution in [0.5, 0.6) is 0 Å². The minimum absolute atomic E-state index is 0.0398. The molecule has 1 saturated heterocycles. The van der Waals surface area contributed by atoms with Crippen LogP contribution in [0.1, 0.15) is 11.3 Å². The van der Waals surface area contributed by atoms with Crippen molar-refractivity contribution in [2.45, 2.75) is 12.0 Å². The fourth-order valence-corrected chi connectivity index (χ4v) is 3.86. The molecule has 0 spiro atoms. The zero-order chi connectivity index (χ0) is 19.7. The molecule has 1 atom stereocenters. The Labute approximate surface area is 162 Å². The molecule has 0 aliphatic carbocycles. The second kappa shape index (κ2) is 7.24. The van der Waals surface area contributed by atoms with Gasteiger partial charge in [0.15, 0.2) is 0 Å². The van der Waals surface area contributed by atoms with Crippen LogP contribution in [0.25, 0.3) is 6.08 Å². The molecule has 1 unspecified atom stereocenters. The smallest absolute Gasteiger partial charge is 0.355 e. The van der Waals surface area contributed by atoms with Gasteiger partial charge >= 0.3 is 5.97 Å². The SMILES string of the molecule is O=C(OCc1ccc([N+](=O)[O-])cc1)C1=CSC2C(=Cc3ccncn3)C(=O)N12. The lowest BCUT2D eigenvalue weighted by Gasteiger charge is -2.37. The molecule has 3 heterocycles. The molecule has 4 rings (SSSR count). The summed E-state index contributed by atoms with van der Waals surface area (Å²) in [5.41, 5.74) is 1.93. The predicted molar refractivity (Wildman–Crippen MR) is 99.2 cm³/mol. The highest BCUT2D eigenvalue weighted by Crippen LogP contribution is 2.45. The first-order valence-corrected chi connectivity index (χ1v) is 9.06. The molecular formula is C18H12N4O5S. The van der Waals surface area contributed by atoms with Gasteiger partial charge in [0.25, 0.3) is 11.6 Å². The first-order valence-electron chi connectivity index (χ1n) is 8.12. The zero-order valence-electron chi connectivity index (χ0n) is 14.2. The number of nitrogens with zero attached hydrogens (tertiary/aromatic N) is 4. The van der Waals surface area contributed by atoms with Crippen molar-refractivity contribution in [1.82, 2.24) is 14.9 Å². The number of β-lactam (4-membered cyclic amide) rings is 1. The molecule has 0 N–H and O–H groups in total. The maximum atomic E-state index is 12.4. The molecule has 2 aromatic rings. The first-order chi connectivity index (χ1) is 13.5. The third kappa shape index (κ3) is 3.25. The summed E-state index contributed by atoms with van der Waals surface area (Å²) in [6, 6.07) is 7.40. The van der Waals surface area contributed by atoms with Crippen LogP contribution in [-0.2, 0) is 20.9 Å². The van der Waals surface area contributed by atoms with E-state index >= 15 is 0 Å². The Kier molecular flexibility index (Phi) is 4.62. The summed E-state index contributed by atoms with van der Waals surface area (Å²) in [5.74, 6) is -0.894. The summed E-state index contributed by atoms with van der Waals surface area (Å²) in [6.07, 6.45) is 4.66. The molecule has 0 bridgehead atoms. The van der Waals surface area contributed by atoms with Gasteiger partial charge in [0, 0.05) is 23.7 Å². The van der Waals surface area contributed by atoms with Crippen LogP contribution in [-0.4, -0.2) is 37.0 Å². The molecule has 0 saturated carbocycles. The van der Waals surface area contributed by atoms with Gasteiger partial charge in [-0.15, -0.1) is 11.8 Å². The van der Waals surface area contributed by atoms with Gasteiger partial charge in [-0.1, -0.05) is 0 Å². The molecule has 1 aromatic carbocycles. The van der Waals surface area contributed by atoms with Gasteiger partial charge in [-0.05, 0) is 29.8 Å². The van der Waals surface area contributed by atoms with Crippen LogP contribution < -0.4 is 0 Å². The summed E-state index contributed by atoms with van der Waals surface area (Å²) in [4.78, 5) is 44.2. The number of benzene rings is 1. The van der Waals surface area contributed by atoms with Gasteiger partial charge in [-0.2, -0.15) is 0 Å². The maximum Gasteiger partial charge on any atom is 0.355 e. The summed E-state index contributed by atoms with van der Waals surface area (Å²) >= 11 is 1.34. The highest BCUT2D eigenvalue weighted by molar-refractivity contribution is 8.03. The van der Waals surface area contributed by atoms with Crippen LogP contribution in [0.4, 0.5) is 5.69 Å². The molecule has 1 aromatic heterocycles. The van der Waals surface area contributed by atoms with E-state index in [2.05, 4.69) is 9.97 Å². The van der Waals surface area contributed by atoms with E-state index in [1.807, 2.05) is 0 Å². The number of rotatable bonds is 5. The van der Waals surface area contributed by atoms with Crippen LogP contribution in [0.2, 0.25) is 0 Å². The average Bonchev–Trinajstić information content (AvgIpc) is 3.12. The lowest BCUT2D eigenvalue weighted by molar-refractivity contribution is -0.384. The molecule has 9 nitrogen and oxygen atoms in total. The van der Waals surface area contributed by atoms with E-state index in [9.17, 15) is 19.7 Å². The second-order valence-electron chi connectivity index (χ2n) is 5.90. The third-order valence-corrected chi connectivity index (χ3v) is 5.25. The maximum absolute atomic E-state index is 12.4. The zero-order valence-corrected chi connectivity index (χ0v) is 15.0. The molecule has 2 aliphatic heterocycles. The molecule has 28 heavy (non-hydrogen) atoms. The van der Waals surface area contributed by atoms with Crippen molar-refractivity contribution in [2.24, 2.45) is 0 Å². The van der Waals surface area contributed by atoms with Crippen LogP contribution >= 0.6 is 11.8 Å². The Bertz CT molecular complexity index is 1020. The van der Waals surface area contributed by atoms with Crippen LogP contribution in [0.3, 0.4) is 0 Å². The van der Waals surface area contributed by atoms with Crippen molar-refractivity contribution < 1.29 is 19.2 Å². The fourth-order valence-electron chi connectivity index (χ4n) is 2.74. The molecule has 10 heteroatoms. The van der Waals surface area contributed by atoms with Gasteiger partial charge in [0.2, 0.25) is 0 Å². The van der Waals surface area contributed by atoms with Gasteiger partial charge in [-0.25, -0.2) is 14.8 Å². The minimum Gasteiger partial charge on any atom is -0.456 e. The van der Waals surface area contributed by atoms with Crippen molar-refractivity contribution in [3.05, 3.63) is 80.9 Å². The van der Waals surface area contributed by atoms with E-state index in [1.54, 1.807) is 23.7 Å². The standard InChI is InChI=1S/C18H12N4O5S/c23-16-14(7-12-5-6-19-10-20-12)17-21(16)15(9-28-17)18(24)27-8-11-1-3-13(4-2-11)22(25)26/h1-7,9-10,17H,8H2. The molecule has 2 aliphatic rings. The molecule has 1 amide bonds. The number of ether oxygens (including phenoxy) is 1. The third-order valence-electron chi connectivity index (χ3n) is 4.17. The lowest BCUT2D eigenvalue weighted by atomic mass is 10.0. The highest BCUT2D eigenvalue weighted by Gasteiger charge is 2.49. The van der Waals surface area contributed by atoms with Crippen molar-refractivity contribution in [3.8, 4) is 0 Å². The van der Waals surface area contributed by atoms with E-state index in [0.717, 1.165) is 0 Å². The average molecular weight is 396 g/mol. The molecular weight excluding hydrogens is 384 g/mol. The number of nitro groups is 1. The summed E-state index contributed by atoms with van der Waals surface area (Å²) < 4.78 is 5.24. The number of amides is 1. The fraction of sp³-hybridized carbons (Fsp3) is 0.111. The largest absolute Gasteiger partial charge is 0.456 e. The summed E-state index contributed by atoms with van der Waals surface area (Å²) in [5, 5.41) is 12.0. The Morgan fingerprint density at radius 3 is 2.79 bits per heavy atom. The molecule has 1 fully saturated rings. The van der Waals surface area contributed by atoms with Crippen molar-refractivity contribution >= 4 is 35.4 Å². The van der Waals surface area contributed by atoms with Gasteiger partial charge < -0.3 is 4.74 Å². The lowest BCUT2D eigenvalue weighted by Crippen LogP contribution is -2.51. The minimum atomic E-state index is -0.622. The van der Waals surface area contributed by atoms with E-state index in [1.165, 1.54) is 47.3 Å². The number of thioether (sulfide) groups is 1. The number of nitro benzene ring substituents is 1. The summed E-state index contributed by atoms with van der Waals surface area (Å²) in [6.45, 7) is -0.0465. The van der Waals surface area contributed by atoms with E-state index in [4.69, 9.17) is 4.74 Å². The van der Waals surface area contributed by atoms with Crippen LogP contribution in [0.15, 0.2) is 59.5 Å². The molecule has 0 radical (unpaired) electrons. The topological polar surface area (TPSA) is 116 Å². The normalized spacial score (nSPS) is 19.1. The van der Waals surface area contributed by atoms with E-state index in [0.29, 0.717) is 16.8 Å². The Balaban J connectivity index is 1.38.